The zero-order chi connectivity index (χ0) is 12.2. The molecular formula is C11H18ClN3O. The van der Waals surface area contributed by atoms with Crippen molar-refractivity contribution in [3.8, 4) is 0 Å². The number of nitrogens with zero attached hydrogens (tertiary/aromatic N) is 2. The molecule has 5 heteroatoms. The van der Waals surface area contributed by atoms with Gasteiger partial charge < -0.3 is 9.88 Å². The average molecular weight is 244 g/mol. The van der Waals surface area contributed by atoms with Crippen molar-refractivity contribution in [3.05, 3.63) is 18.2 Å². The fourth-order valence-corrected chi connectivity index (χ4v) is 1.80. The summed E-state index contributed by atoms with van der Waals surface area (Å²) in [6, 6.07) is 0. The van der Waals surface area contributed by atoms with Crippen LogP contribution in [0.2, 0.25) is 0 Å². The van der Waals surface area contributed by atoms with Crippen LogP contribution in [0.4, 0.5) is 0 Å². The number of aryl methyl sites for hydroxylation is 1. The summed E-state index contributed by atoms with van der Waals surface area (Å²) in [6.45, 7) is 4.76. The molecule has 0 saturated carbocycles. The molecule has 1 amide bonds. The standard InChI is InChI=1S/C11H18ClN3O/c1-11(2,4-5-12)7-13-10(16)9-6-15(3)8-14-9/h6,8H,4-5,7H2,1-3H3,(H,13,16). The van der Waals surface area contributed by atoms with Gasteiger partial charge in [-0.3, -0.25) is 4.79 Å². The summed E-state index contributed by atoms with van der Waals surface area (Å²) in [5, 5.41) is 2.86. The van der Waals surface area contributed by atoms with Gasteiger partial charge >= 0.3 is 0 Å². The Labute approximate surface area is 101 Å². The summed E-state index contributed by atoms with van der Waals surface area (Å²) >= 11 is 5.69. The lowest BCUT2D eigenvalue weighted by molar-refractivity contribution is 0.0931. The van der Waals surface area contributed by atoms with Gasteiger partial charge in [0.25, 0.3) is 5.91 Å². The third-order valence-corrected chi connectivity index (χ3v) is 2.63. The predicted octanol–water partition coefficient (Wildman–Crippen LogP) is 1.80. The third-order valence-electron chi connectivity index (χ3n) is 2.44. The van der Waals surface area contributed by atoms with Crippen LogP contribution < -0.4 is 5.32 Å². The second-order valence-corrected chi connectivity index (χ2v) is 5.09. The maximum atomic E-state index is 11.7. The van der Waals surface area contributed by atoms with Crippen molar-refractivity contribution in [2.24, 2.45) is 12.5 Å². The van der Waals surface area contributed by atoms with E-state index < -0.39 is 0 Å². The van der Waals surface area contributed by atoms with Crippen molar-refractivity contribution in [2.45, 2.75) is 20.3 Å². The highest BCUT2D eigenvalue weighted by molar-refractivity contribution is 6.17. The van der Waals surface area contributed by atoms with E-state index in [0.29, 0.717) is 18.1 Å². The number of alkyl halides is 1. The van der Waals surface area contributed by atoms with E-state index in [4.69, 9.17) is 11.6 Å². The van der Waals surface area contributed by atoms with E-state index in [1.165, 1.54) is 0 Å². The number of hydrogen-bond donors (Lipinski definition) is 1. The molecule has 0 fully saturated rings. The summed E-state index contributed by atoms with van der Waals surface area (Å²) in [5.41, 5.74) is 0.468. The Hall–Kier alpha value is -1.03. The van der Waals surface area contributed by atoms with Gasteiger partial charge in [0.15, 0.2) is 0 Å². The molecule has 16 heavy (non-hydrogen) atoms. The zero-order valence-electron chi connectivity index (χ0n) is 9.96. The van der Waals surface area contributed by atoms with Crippen LogP contribution in [0.15, 0.2) is 12.5 Å². The Balaban J connectivity index is 2.47. The lowest BCUT2D eigenvalue weighted by atomic mass is 9.90. The molecule has 0 aromatic carbocycles. The van der Waals surface area contributed by atoms with Crippen molar-refractivity contribution < 1.29 is 4.79 Å². The van der Waals surface area contributed by atoms with Crippen LogP contribution in [0.1, 0.15) is 30.8 Å². The molecule has 0 radical (unpaired) electrons. The summed E-state index contributed by atoms with van der Waals surface area (Å²) < 4.78 is 1.75. The number of aromatic nitrogens is 2. The maximum absolute atomic E-state index is 11.7. The molecule has 0 saturated heterocycles. The van der Waals surface area contributed by atoms with E-state index in [1.807, 2.05) is 7.05 Å². The van der Waals surface area contributed by atoms with Crippen LogP contribution in [0.25, 0.3) is 0 Å². The molecule has 1 N–H and O–H groups in total. The van der Waals surface area contributed by atoms with Crippen LogP contribution in [-0.4, -0.2) is 27.9 Å². The van der Waals surface area contributed by atoms with Crippen LogP contribution in [0, 0.1) is 5.41 Å². The fourth-order valence-electron chi connectivity index (χ4n) is 1.28. The second-order valence-electron chi connectivity index (χ2n) is 4.71. The molecule has 0 aliphatic heterocycles. The molecule has 0 bridgehead atoms. The van der Waals surface area contributed by atoms with E-state index in [9.17, 15) is 4.79 Å². The highest BCUT2D eigenvalue weighted by Crippen LogP contribution is 2.19. The zero-order valence-corrected chi connectivity index (χ0v) is 10.7. The van der Waals surface area contributed by atoms with Gasteiger partial charge in [0.2, 0.25) is 0 Å². The fraction of sp³-hybridized carbons (Fsp3) is 0.636. The minimum absolute atomic E-state index is 0.0200. The molecule has 1 aromatic heterocycles. The predicted molar refractivity (Wildman–Crippen MR) is 64.7 cm³/mol. The monoisotopic (exact) mass is 243 g/mol. The van der Waals surface area contributed by atoms with E-state index >= 15 is 0 Å². The van der Waals surface area contributed by atoms with Crippen molar-refractivity contribution in [1.82, 2.24) is 14.9 Å². The van der Waals surface area contributed by atoms with Gasteiger partial charge in [-0.15, -0.1) is 11.6 Å². The third kappa shape index (κ3) is 3.85. The van der Waals surface area contributed by atoms with Crippen molar-refractivity contribution in [2.75, 3.05) is 12.4 Å². The molecule has 0 unspecified atom stereocenters. The highest BCUT2D eigenvalue weighted by Gasteiger charge is 2.19. The Morgan fingerprint density at radius 3 is 2.81 bits per heavy atom. The number of rotatable bonds is 5. The first kappa shape index (κ1) is 13.0. The molecule has 1 rings (SSSR count). The van der Waals surface area contributed by atoms with Gasteiger partial charge in [0.05, 0.1) is 6.33 Å². The van der Waals surface area contributed by atoms with Gasteiger partial charge in [-0.05, 0) is 11.8 Å². The molecule has 4 nitrogen and oxygen atoms in total. The van der Waals surface area contributed by atoms with E-state index in [2.05, 4.69) is 24.1 Å². The van der Waals surface area contributed by atoms with Crippen LogP contribution in [0.5, 0.6) is 0 Å². The van der Waals surface area contributed by atoms with Gasteiger partial charge in [-0.1, -0.05) is 13.8 Å². The average Bonchev–Trinajstić information content (AvgIpc) is 2.61. The van der Waals surface area contributed by atoms with Crippen molar-refractivity contribution in [1.29, 1.82) is 0 Å². The maximum Gasteiger partial charge on any atom is 0.271 e. The van der Waals surface area contributed by atoms with Crippen molar-refractivity contribution in [3.63, 3.8) is 0 Å². The molecule has 90 valence electrons. The Kier molecular flexibility index (Phi) is 4.35. The van der Waals surface area contributed by atoms with Crippen molar-refractivity contribution >= 4 is 17.5 Å². The quantitative estimate of drug-likeness (QED) is 0.802. The molecule has 0 aliphatic rings. The Bertz CT molecular complexity index is 360. The summed E-state index contributed by atoms with van der Waals surface area (Å²) in [6.07, 6.45) is 4.18. The van der Waals surface area contributed by atoms with E-state index in [1.54, 1.807) is 17.1 Å². The van der Waals surface area contributed by atoms with Gasteiger partial charge in [0, 0.05) is 25.7 Å². The number of halogens is 1. The molecule has 1 aromatic rings. The first-order valence-corrected chi connectivity index (χ1v) is 5.80. The number of hydrogen-bond acceptors (Lipinski definition) is 2. The van der Waals surface area contributed by atoms with Gasteiger partial charge in [0.1, 0.15) is 5.69 Å². The molecule has 0 aliphatic carbocycles. The largest absolute Gasteiger partial charge is 0.350 e. The lowest BCUT2D eigenvalue weighted by Crippen LogP contribution is -2.34. The minimum atomic E-state index is -0.136. The van der Waals surface area contributed by atoms with Gasteiger partial charge in [-0.2, -0.15) is 0 Å². The number of amides is 1. The molecule has 0 spiro atoms. The smallest absolute Gasteiger partial charge is 0.271 e. The van der Waals surface area contributed by atoms with Crippen LogP contribution in [0.3, 0.4) is 0 Å². The van der Waals surface area contributed by atoms with E-state index in [-0.39, 0.29) is 11.3 Å². The molecule has 0 atom stereocenters. The lowest BCUT2D eigenvalue weighted by Gasteiger charge is -2.23. The summed E-state index contributed by atoms with van der Waals surface area (Å²) in [4.78, 5) is 15.7. The van der Waals surface area contributed by atoms with Gasteiger partial charge in [-0.25, -0.2) is 4.98 Å². The first-order chi connectivity index (χ1) is 7.44. The number of carbonyl (C=O) groups excluding carboxylic acids is 1. The topological polar surface area (TPSA) is 46.9 Å². The second kappa shape index (κ2) is 5.34. The first-order valence-electron chi connectivity index (χ1n) is 5.27. The number of imidazole rings is 1. The van der Waals surface area contributed by atoms with Crippen LogP contribution in [-0.2, 0) is 7.05 Å². The number of nitrogens with one attached hydrogen (secondary N) is 1. The highest BCUT2D eigenvalue weighted by atomic mass is 35.5. The normalized spacial score (nSPS) is 11.5. The number of carbonyl (C=O) groups is 1. The molecular weight excluding hydrogens is 226 g/mol. The van der Waals surface area contributed by atoms with Crippen LogP contribution >= 0.6 is 11.6 Å². The SMILES string of the molecule is Cn1cnc(C(=O)NCC(C)(C)CCCl)c1. The molecule has 1 heterocycles. The summed E-state index contributed by atoms with van der Waals surface area (Å²) in [7, 11) is 1.83. The Morgan fingerprint density at radius 2 is 2.31 bits per heavy atom. The Morgan fingerprint density at radius 1 is 1.62 bits per heavy atom. The summed E-state index contributed by atoms with van der Waals surface area (Å²) in [5.74, 6) is 0.468. The van der Waals surface area contributed by atoms with E-state index in [0.717, 1.165) is 6.42 Å². The minimum Gasteiger partial charge on any atom is -0.350 e.